The van der Waals surface area contributed by atoms with Crippen LogP contribution in [0.5, 0.6) is 0 Å². The number of H-pyrrole nitrogens is 1. The summed E-state index contributed by atoms with van der Waals surface area (Å²) in [6.07, 6.45) is 4.82. The first-order chi connectivity index (χ1) is 9.98. The van der Waals surface area contributed by atoms with Gasteiger partial charge in [0, 0.05) is 31.5 Å². The topological polar surface area (TPSA) is 56.4 Å². The van der Waals surface area contributed by atoms with Crippen LogP contribution in [0.4, 0.5) is 0 Å². The van der Waals surface area contributed by atoms with E-state index in [1.165, 1.54) is 0 Å². The summed E-state index contributed by atoms with van der Waals surface area (Å²) in [4.78, 5) is 3.18. The first-order valence-corrected chi connectivity index (χ1v) is 9.28. The first-order valence-electron chi connectivity index (χ1n) is 7.88. The van der Waals surface area contributed by atoms with E-state index in [0.29, 0.717) is 31.5 Å². The van der Waals surface area contributed by atoms with Crippen molar-refractivity contribution in [1.29, 1.82) is 0 Å². The molecule has 1 N–H and O–H groups in total. The van der Waals surface area contributed by atoms with Crippen LogP contribution in [0, 0.1) is 11.8 Å². The zero-order valence-electron chi connectivity index (χ0n) is 12.8. The van der Waals surface area contributed by atoms with E-state index in [4.69, 9.17) is 0 Å². The Labute approximate surface area is 127 Å². The molecular formula is C15H25N3O2S. The van der Waals surface area contributed by atoms with Gasteiger partial charge < -0.3 is 4.98 Å². The van der Waals surface area contributed by atoms with Crippen molar-refractivity contribution >= 4 is 10.2 Å². The lowest BCUT2D eigenvalue weighted by Crippen LogP contribution is -2.49. The molecule has 3 rings (SSSR count). The molecule has 2 fully saturated rings. The van der Waals surface area contributed by atoms with E-state index in [0.717, 1.165) is 25.0 Å². The van der Waals surface area contributed by atoms with E-state index in [1.54, 1.807) is 8.61 Å². The third kappa shape index (κ3) is 2.89. The lowest BCUT2D eigenvalue weighted by atomic mass is 9.94. The summed E-state index contributed by atoms with van der Waals surface area (Å²) >= 11 is 0. The van der Waals surface area contributed by atoms with Crippen molar-refractivity contribution in [3.8, 4) is 0 Å². The Kier molecular flexibility index (Phi) is 4.12. The number of nitrogens with zero attached hydrogens (tertiary/aromatic N) is 2. The molecule has 2 saturated heterocycles. The van der Waals surface area contributed by atoms with Gasteiger partial charge in [0.1, 0.15) is 0 Å². The Morgan fingerprint density at radius 2 is 1.95 bits per heavy atom. The average Bonchev–Trinajstić information content (AvgIpc) is 3.08. The second-order valence-electron chi connectivity index (χ2n) is 6.67. The minimum atomic E-state index is -3.36. The van der Waals surface area contributed by atoms with Gasteiger partial charge in [0.25, 0.3) is 10.2 Å². The molecule has 0 saturated carbocycles. The smallest absolute Gasteiger partial charge is 0.282 e. The van der Waals surface area contributed by atoms with Crippen LogP contribution in [0.15, 0.2) is 18.3 Å². The Morgan fingerprint density at radius 1 is 1.24 bits per heavy atom. The van der Waals surface area contributed by atoms with Gasteiger partial charge >= 0.3 is 0 Å². The molecule has 6 heteroatoms. The normalized spacial score (nSPS) is 32.6. The molecule has 118 valence electrons. The van der Waals surface area contributed by atoms with Gasteiger partial charge in [-0.05, 0) is 43.2 Å². The number of hydrogen-bond donors (Lipinski definition) is 1. The molecule has 0 bridgehead atoms. The SMILES string of the molecule is C[C@@H]1C[C@H](C)CN(S(=O)(=O)N2CCC[C@H]2c2ccc[nH]2)C1. The highest BCUT2D eigenvalue weighted by Gasteiger charge is 2.41. The molecule has 0 radical (unpaired) electrons. The van der Waals surface area contributed by atoms with Gasteiger partial charge in [-0.15, -0.1) is 0 Å². The molecule has 1 aromatic heterocycles. The monoisotopic (exact) mass is 311 g/mol. The fraction of sp³-hybridized carbons (Fsp3) is 0.733. The van der Waals surface area contributed by atoms with Crippen LogP contribution in [0.1, 0.15) is 44.8 Å². The molecule has 5 nitrogen and oxygen atoms in total. The highest BCUT2D eigenvalue weighted by Crippen LogP contribution is 2.36. The van der Waals surface area contributed by atoms with E-state index >= 15 is 0 Å². The standard InChI is InChI=1S/C15H25N3O2S/c1-12-9-13(2)11-17(10-12)21(19,20)18-8-4-6-15(18)14-5-3-7-16-14/h3,5,7,12-13,15-16H,4,6,8-11H2,1-2H3/t12-,13+,15-/m0/s1. The van der Waals surface area contributed by atoms with Gasteiger partial charge in [-0.3, -0.25) is 0 Å². The summed E-state index contributed by atoms with van der Waals surface area (Å²) in [5.74, 6) is 0.880. The predicted octanol–water partition coefficient (Wildman–Crippen LogP) is 2.37. The largest absolute Gasteiger partial charge is 0.364 e. The molecule has 21 heavy (non-hydrogen) atoms. The lowest BCUT2D eigenvalue weighted by molar-refractivity contribution is 0.206. The van der Waals surface area contributed by atoms with Crippen molar-refractivity contribution in [2.24, 2.45) is 11.8 Å². The van der Waals surface area contributed by atoms with Gasteiger partial charge in [0.2, 0.25) is 0 Å². The predicted molar refractivity (Wildman–Crippen MR) is 82.9 cm³/mol. The van der Waals surface area contributed by atoms with Crippen LogP contribution >= 0.6 is 0 Å². The maximum absolute atomic E-state index is 13.0. The van der Waals surface area contributed by atoms with Crippen molar-refractivity contribution in [1.82, 2.24) is 13.6 Å². The van der Waals surface area contributed by atoms with Crippen molar-refractivity contribution in [2.75, 3.05) is 19.6 Å². The minimum absolute atomic E-state index is 0.0301. The van der Waals surface area contributed by atoms with Crippen molar-refractivity contribution in [2.45, 2.75) is 39.2 Å². The van der Waals surface area contributed by atoms with Crippen LogP contribution in [0.2, 0.25) is 0 Å². The summed E-state index contributed by atoms with van der Waals surface area (Å²) in [6, 6.07) is 3.89. The van der Waals surface area contributed by atoms with Crippen LogP contribution in [0.25, 0.3) is 0 Å². The minimum Gasteiger partial charge on any atom is -0.364 e. The van der Waals surface area contributed by atoms with Gasteiger partial charge in [-0.25, -0.2) is 0 Å². The fourth-order valence-corrected chi connectivity index (χ4v) is 5.90. The van der Waals surface area contributed by atoms with Gasteiger partial charge in [0.15, 0.2) is 0 Å². The summed E-state index contributed by atoms with van der Waals surface area (Å²) in [5, 5.41) is 0. The third-order valence-corrected chi connectivity index (χ3v) is 6.62. The molecule has 0 amide bonds. The molecule has 0 aliphatic carbocycles. The average molecular weight is 311 g/mol. The fourth-order valence-electron chi connectivity index (χ4n) is 3.82. The van der Waals surface area contributed by atoms with Crippen LogP contribution in [-0.4, -0.2) is 41.6 Å². The number of nitrogens with one attached hydrogen (secondary N) is 1. The number of aromatic amines is 1. The van der Waals surface area contributed by atoms with E-state index in [-0.39, 0.29) is 6.04 Å². The van der Waals surface area contributed by atoms with Crippen LogP contribution in [0.3, 0.4) is 0 Å². The second kappa shape index (κ2) is 5.74. The molecule has 2 aliphatic rings. The van der Waals surface area contributed by atoms with E-state index < -0.39 is 10.2 Å². The summed E-state index contributed by atoms with van der Waals surface area (Å²) in [6.45, 7) is 6.22. The Morgan fingerprint density at radius 3 is 2.57 bits per heavy atom. The molecule has 1 aromatic rings. The van der Waals surface area contributed by atoms with E-state index in [2.05, 4.69) is 18.8 Å². The molecule has 3 atom stereocenters. The van der Waals surface area contributed by atoms with Gasteiger partial charge in [-0.2, -0.15) is 17.0 Å². The highest BCUT2D eigenvalue weighted by atomic mass is 32.2. The quantitative estimate of drug-likeness (QED) is 0.932. The zero-order valence-corrected chi connectivity index (χ0v) is 13.6. The van der Waals surface area contributed by atoms with Crippen molar-refractivity contribution in [3.05, 3.63) is 24.0 Å². The molecule has 0 aromatic carbocycles. The molecule has 3 heterocycles. The summed E-state index contributed by atoms with van der Waals surface area (Å²) in [5.41, 5.74) is 1.01. The maximum Gasteiger partial charge on any atom is 0.282 e. The van der Waals surface area contributed by atoms with Gasteiger partial charge in [0.05, 0.1) is 6.04 Å². The van der Waals surface area contributed by atoms with E-state index in [1.807, 2.05) is 18.3 Å². The molecule has 0 unspecified atom stereocenters. The summed E-state index contributed by atoms with van der Waals surface area (Å²) < 4.78 is 29.4. The summed E-state index contributed by atoms with van der Waals surface area (Å²) in [7, 11) is -3.36. The van der Waals surface area contributed by atoms with Crippen LogP contribution in [-0.2, 0) is 10.2 Å². The van der Waals surface area contributed by atoms with Gasteiger partial charge in [-0.1, -0.05) is 13.8 Å². The number of rotatable bonds is 3. The Hall–Kier alpha value is -0.850. The van der Waals surface area contributed by atoms with Crippen molar-refractivity contribution in [3.63, 3.8) is 0 Å². The Bertz CT molecular complexity index is 560. The number of piperidine rings is 1. The third-order valence-electron chi connectivity index (χ3n) is 4.64. The molecular weight excluding hydrogens is 286 g/mol. The van der Waals surface area contributed by atoms with Crippen molar-refractivity contribution < 1.29 is 8.42 Å². The van der Waals surface area contributed by atoms with E-state index in [9.17, 15) is 8.42 Å². The highest BCUT2D eigenvalue weighted by molar-refractivity contribution is 7.86. The number of aromatic nitrogens is 1. The van der Waals surface area contributed by atoms with Crippen LogP contribution < -0.4 is 0 Å². The molecule has 0 spiro atoms. The maximum atomic E-state index is 13.0. The lowest BCUT2D eigenvalue weighted by Gasteiger charge is -2.37. The number of hydrogen-bond acceptors (Lipinski definition) is 2. The zero-order chi connectivity index (χ0) is 15.0. The first kappa shape index (κ1) is 15.1. The second-order valence-corrected chi connectivity index (χ2v) is 8.55. The Balaban J connectivity index is 1.83. The molecule has 2 aliphatic heterocycles.